The van der Waals surface area contributed by atoms with Crippen molar-refractivity contribution >= 4 is 12.0 Å². The van der Waals surface area contributed by atoms with Gasteiger partial charge in [-0.15, -0.1) is 0 Å². The Morgan fingerprint density at radius 2 is 1.95 bits per heavy atom. The first-order valence-electron chi connectivity index (χ1n) is 7.68. The molecule has 2 rings (SSSR count). The second-order valence-corrected chi connectivity index (χ2v) is 6.66. The number of hydrogen-bond donors (Lipinski definition) is 2. The summed E-state index contributed by atoms with van der Waals surface area (Å²) < 4.78 is 0. The number of carboxylic acid groups (broad SMARTS) is 1. The average Bonchev–Trinajstić information content (AvgIpc) is 2.78. The van der Waals surface area contributed by atoms with Crippen molar-refractivity contribution in [3.8, 4) is 0 Å². The van der Waals surface area contributed by atoms with E-state index >= 15 is 0 Å². The third-order valence-corrected chi connectivity index (χ3v) is 5.36. The fraction of sp³-hybridized carbons (Fsp3) is 0.867. The average molecular weight is 282 g/mol. The van der Waals surface area contributed by atoms with Gasteiger partial charge in [0, 0.05) is 12.6 Å². The first-order valence-corrected chi connectivity index (χ1v) is 7.68. The molecule has 4 unspecified atom stereocenters. The highest BCUT2D eigenvalue weighted by atomic mass is 16.4. The van der Waals surface area contributed by atoms with Crippen molar-refractivity contribution in [3.05, 3.63) is 0 Å². The predicted molar refractivity (Wildman–Crippen MR) is 76.5 cm³/mol. The van der Waals surface area contributed by atoms with Gasteiger partial charge in [-0.05, 0) is 38.0 Å². The fourth-order valence-electron chi connectivity index (χ4n) is 3.53. The molecule has 0 aromatic rings. The zero-order valence-electron chi connectivity index (χ0n) is 12.7. The molecule has 114 valence electrons. The van der Waals surface area contributed by atoms with Gasteiger partial charge in [0.25, 0.3) is 0 Å². The van der Waals surface area contributed by atoms with Gasteiger partial charge in [-0.25, -0.2) is 9.59 Å². The minimum absolute atomic E-state index is 0.171. The van der Waals surface area contributed by atoms with E-state index in [2.05, 4.69) is 19.2 Å². The monoisotopic (exact) mass is 282 g/mol. The molecule has 2 aliphatic rings. The number of nitrogens with one attached hydrogen (secondary N) is 1. The first kappa shape index (κ1) is 15.1. The van der Waals surface area contributed by atoms with Crippen LogP contribution in [0, 0.1) is 11.8 Å². The number of rotatable bonds is 2. The van der Waals surface area contributed by atoms with Crippen LogP contribution < -0.4 is 5.32 Å². The first-order chi connectivity index (χ1) is 9.36. The maximum Gasteiger partial charge on any atom is 0.329 e. The van der Waals surface area contributed by atoms with Gasteiger partial charge in [-0.1, -0.05) is 26.7 Å². The summed E-state index contributed by atoms with van der Waals surface area (Å²) in [7, 11) is 0. The maximum atomic E-state index is 12.4. The Bertz CT molecular complexity index is 399. The highest BCUT2D eigenvalue weighted by molar-refractivity contribution is 5.86. The van der Waals surface area contributed by atoms with Crippen LogP contribution in [0.15, 0.2) is 0 Å². The Balaban J connectivity index is 2.03. The van der Waals surface area contributed by atoms with E-state index in [1.165, 1.54) is 11.3 Å². The molecule has 4 atom stereocenters. The van der Waals surface area contributed by atoms with Crippen molar-refractivity contribution in [2.75, 3.05) is 6.54 Å². The number of nitrogens with zero attached hydrogens (tertiary/aromatic N) is 1. The van der Waals surface area contributed by atoms with Crippen LogP contribution in [-0.4, -0.2) is 40.1 Å². The molecule has 2 amide bonds. The smallest absolute Gasteiger partial charge is 0.329 e. The topological polar surface area (TPSA) is 69.6 Å². The van der Waals surface area contributed by atoms with Crippen molar-refractivity contribution in [2.45, 2.75) is 64.5 Å². The molecule has 0 radical (unpaired) electrons. The van der Waals surface area contributed by atoms with Crippen LogP contribution in [0.2, 0.25) is 0 Å². The van der Waals surface area contributed by atoms with E-state index in [1.807, 2.05) is 0 Å². The van der Waals surface area contributed by atoms with Crippen molar-refractivity contribution in [3.63, 3.8) is 0 Å². The lowest BCUT2D eigenvalue weighted by Crippen LogP contribution is -2.57. The summed E-state index contributed by atoms with van der Waals surface area (Å²) in [5.41, 5.74) is -1.05. The molecule has 1 aliphatic carbocycles. The molecule has 0 spiro atoms. The Morgan fingerprint density at radius 3 is 2.60 bits per heavy atom. The third-order valence-electron chi connectivity index (χ3n) is 5.36. The molecule has 0 bridgehead atoms. The van der Waals surface area contributed by atoms with E-state index in [9.17, 15) is 14.7 Å². The Hall–Kier alpha value is -1.26. The number of carbonyl (C=O) groups is 2. The molecule has 1 aliphatic heterocycles. The minimum Gasteiger partial charge on any atom is -0.480 e. The minimum atomic E-state index is -1.05. The summed E-state index contributed by atoms with van der Waals surface area (Å²) in [4.78, 5) is 25.4. The molecule has 5 heteroatoms. The van der Waals surface area contributed by atoms with Gasteiger partial charge >= 0.3 is 12.0 Å². The van der Waals surface area contributed by atoms with Gasteiger partial charge in [0.05, 0.1) is 0 Å². The van der Waals surface area contributed by atoms with E-state index in [0.29, 0.717) is 24.8 Å². The van der Waals surface area contributed by atoms with E-state index in [-0.39, 0.29) is 12.1 Å². The summed E-state index contributed by atoms with van der Waals surface area (Å²) in [6.45, 7) is 6.58. The lowest BCUT2D eigenvalue weighted by molar-refractivity contribution is -0.147. The number of aliphatic carboxylic acids is 1. The predicted octanol–water partition coefficient (Wildman–Crippen LogP) is 2.46. The van der Waals surface area contributed by atoms with Gasteiger partial charge in [-0.2, -0.15) is 0 Å². The summed E-state index contributed by atoms with van der Waals surface area (Å²) in [6, 6.07) is -0.0387. The van der Waals surface area contributed by atoms with E-state index in [0.717, 1.165) is 19.3 Å². The fourth-order valence-corrected chi connectivity index (χ4v) is 3.53. The second kappa shape index (κ2) is 5.62. The number of hydrogen-bond acceptors (Lipinski definition) is 2. The number of carboxylic acids is 1. The molecule has 1 heterocycles. The van der Waals surface area contributed by atoms with Crippen LogP contribution in [0.25, 0.3) is 0 Å². The zero-order valence-corrected chi connectivity index (χ0v) is 12.7. The quantitative estimate of drug-likeness (QED) is 0.817. The lowest BCUT2D eigenvalue weighted by atomic mass is 9.78. The molecule has 2 fully saturated rings. The van der Waals surface area contributed by atoms with Crippen LogP contribution in [0.4, 0.5) is 4.79 Å². The van der Waals surface area contributed by atoms with Gasteiger partial charge in [-0.3, -0.25) is 0 Å². The Morgan fingerprint density at radius 1 is 1.25 bits per heavy atom. The van der Waals surface area contributed by atoms with Crippen LogP contribution in [-0.2, 0) is 4.79 Å². The van der Waals surface area contributed by atoms with Gasteiger partial charge in [0.15, 0.2) is 0 Å². The molecular weight excluding hydrogens is 256 g/mol. The molecular formula is C15H26N2O3. The highest BCUT2D eigenvalue weighted by Gasteiger charge is 2.46. The van der Waals surface area contributed by atoms with Crippen molar-refractivity contribution in [1.29, 1.82) is 0 Å². The molecule has 20 heavy (non-hydrogen) atoms. The summed E-state index contributed by atoms with van der Waals surface area (Å²) in [6.07, 6.45) is 4.63. The van der Waals surface area contributed by atoms with Crippen LogP contribution >= 0.6 is 0 Å². The maximum absolute atomic E-state index is 12.4. The standard InChI is InChI=1S/C15H26N2O3/c1-10-6-4-7-12(11(10)2)16-14(20)17-9-5-8-15(17,3)13(18)19/h10-12H,4-9H2,1-3H3,(H,16,20)(H,18,19). The largest absolute Gasteiger partial charge is 0.480 e. The third kappa shape index (κ3) is 2.63. The van der Waals surface area contributed by atoms with E-state index < -0.39 is 11.5 Å². The highest BCUT2D eigenvalue weighted by Crippen LogP contribution is 2.32. The zero-order chi connectivity index (χ0) is 14.9. The van der Waals surface area contributed by atoms with Crippen molar-refractivity contribution < 1.29 is 14.7 Å². The molecule has 2 N–H and O–H groups in total. The molecule has 1 saturated heterocycles. The summed E-state index contributed by atoms with van der Waals surface area (Å²) >= 11 is 0. The number of likely N-dealkylation sites (tertiary alicyclic amines) is 1. The molecule has 0 aromatic carbocycles. The number of carbonyl (C=O) groups excluding carboxylic acids is 1. The van der Waals surface area contributed by atoms with Crippen LogP contribution in [0.3, 0.4) is 0 Å². The molecule has 5 nitrogen and oxygen atoms in total. The van der Waals surface area contributed by atoms with Crippen LogP contribution in [0.5, 0.6) is 0 Å². The van der Waals surface area contributed by atoms with Gasteiger partial charge < -0.3 is 15.3 Å². The van der Waals surface area contributed by atoms with Gasteiger partial charge in [0.2, 0.25) is 0 Å². The number of urea groups is 1. The normalized spacial score (nSPS) is 37.8. The number of amides is 2. The molecule has 1 saturated carbocycles. The second-order valence-electron chi connectivity index (χ2n) is 6.66. The SMILES string of the molecule is CC1CCCC(NC(=O)N2CCCC2(C)C(=O)O)C1C. The van der Waals surface area contributed by atoms with Crippen LogP contribution in [0.1, 0.15) is 52.9 Å². The molecule has 0 aromatic heterocycles. The van der Waals surface area contributed by atoms with Crippen molar-refractivity contribution in [2.24, 2.45) is 11.8 Å². The Kier molecular flexibility index (Phi) is 4.25. The summed E-state index contributed by atoms with van der Waals surface area (Å²) in [5.74, 6) is 0.153. The van der Waals surface area contributed by atoms with E-state index in [4.69, 9.17) is 0 Å². The Labute approximate surface area is 120 Å². The van der Waals surface area contributed by atoms with E-state index in [1.54, 1.807) is 6.92 Å². The lowest BCUT2D eigenvalue weighted by Gasteiger charge is -2.38. The summed E-state index contributed by atoms with van der Waals surface area (Å²) in [5, 5.41) is 12.4. The van der Waals surface area contributed by atoms with Crippen molar-refractivity contribution in [1.82, 2.24) is 10.2 Å². The van der Waals surface area contributed by atoms with Gasteiger partial charge in [0.1, 0.15) is 5.54 Å².